The number of nitrogens with zero attached hydrogens (tertiary/aromatic N) is 5. The second-order valence-corrected chi connectivity index (χ2v) is 11.1. The van der Waals surface area contributed by atoms with Crippen LogP contribution in [-0.4, -0.2) is 77.6 Å². The highest BCUT2D eigenvalue weighted by Gasteiger charge is 2.38. The fraction of sp³-hybridized carbons (Fsp3) is 0.308. The number of carbonyl (C=O) groups excluding carboxylic acids is 2. The second kappa shape index (κ2) is 12.1. The molecule has 3 aromatic rings. The van der Waals surface area contributed by atoms with E-state index in [1.807, 2.05) is 16.7 Å². The van der Waals surface area contributed by atoms with Crippen LogP contribution in [0.2, 0.25) is 0 Å². The highest BCUT2D eigenvalue weighted by Crippen LogP contribution is 2.17. The summed E-state index contributed by atoms with van der Waals surface area (Å²) in [6.45, 7) is 0.574. The molecule has 0 radical (unpaired) electrons. The second-order valence-electron chi connectivity index (χ2n) is 9.14. The fourth-order valence-corrected chi connectivity index (χ4v) is 5.43. The maximum Gasteiger partial charge on any atom is 0.321 e. The number of anilines is 1. The summed E-state index contributed by atoms with van der Waals surface area (Å²) >= 11 is 0. The minimum Gasteiger partial charge on any atom is -0.354 e. The monoisotopic (exact) mass is 553 g/mol. The van der Waals surface area contributed by atoms with Crippen molar-refractivity contribution in [2.45, 2.75) is 19.0 Å². The molecule has 204 valence electrons. The Balaban J connectivity index is 1.38. The van der Waals surface area contributed by atoms with Crippen LogP contribution in [0.5, 0.6) is 0 Å². The number of halogens is 1. The van der Waals surface area contributed by atoms with Gasteiger partial charge in [0.1, 0.15) is 11.9 Å². The topological polar surface area (TPSA) is 140 Å². The van der Waals surface area contributed by atoms with Crippen molar-refractivity contribution in [2.75, 3.05) is 37.8 Å². The Morgan fingerprint density at radius 2 is 1.97 bits per heavy atom. The van der Waals surface area contributed by atoms with Crippen LogP contribution in [0.4, 0.5) is 14.9 Å². The average Bonchev–Trinajstić information content (AvgIpc) is 3.34. The van der Waals surface area contributed by atoms with Crippen LogP contribution in [0.3, 0.4) is 0 Å². The SMILES string of the molecule is CS(=O)(=O)N1CCN(C(=O)Nc2cccc(F)c2)CC1C(=O)NCCc1cncn1Cc1cccc(C#N)c1. The molecule has 2 N–H and O–H groups in total. The zero-order chi connectivity index (χ0) is 28.0. The van der Waals surface area contributed by atoms with Gasteiger partial charge in [-0.1, -0.05) is 18.2 Å². The summed E-state index contributed by atoms with van der Waals surface area (Å²) in [7, 11) is -3.72. The Morgan fingerprint density at radius 3 is 2.72 bits per heavy atom. The molecule has 1 aromatic heterocycles. The summed E-state index contributed by atoms with van der Waals surface area (Å²) in [5.74, 6) is -1.04. The van der Waals surface area contributed by atoms with Gasteiger partial charge in [0.05, 0.1) is 24.2 Å². The molecule has 1 aliphatic rings. The zero-order valence-corrected chi connectivity index (χ0v) is 22.1. The first-order valence-electron chi connectivity index (χ1n) is 12.2. The Hall–Kier alpha value is -4.28. The third-order valence-electron chi connectivity index (χ3n) is 6.31. The average molecular weight is 554 g/mol. The summed E-state index contributed by atoms with van der Waals surface area (Å²) in [6, 6.07) is 13.1. The van der Waals surface area contributed by atoms with Gasteiger partial charge in [0.15, 0.2) is 0 Å². The third-order valence-corrected chi connectivity index (χ3v) is 7.60. The van der Waals surface area contributed by atoms with E-state index in [4.69, 9.17) is 5.26 Å². The number of urea groups is 1. The number of hydrogen-bond donors (Lipinski definition) is 2. The summed E-state index contributed by atoms with van der Waals surface area (Å²) in [5, 5.41) is 14.5. The molecule has 1 aliphatic heterocycles. The first-order valence-corrected chi connectivity index (χ1v) is 14.0. The summed E-state index contributed by atoms with van der Waals surface area (Å²) in [4.78, 5) is 31.4. The molecule has 39 heavy (non-hydrogen) atoms. The maximum atomic E-state index is 13.5. The molecule has 0 spiro atoms. The van der Waals surface area contributed by atoms with Crippen molar-refractivity contribution < 1.29 is 22.4 Å². The van der Waals surface area contributed by atoms with E-state index in [0.717, 1.165) is 21.8 Å². The van der Waals surface area contributed by atoms with E-state index >= 15 is 0 Å². The number of sulfonamides is 1. The molecule has 2 heterocycles. The number of nitriles is 1. The molecule has 1 saturated heterocycles. The van der Waals surface area contributed by atoms with Gasteiger partial charge in [0.2, 0.25) is 15.9 Å². The summed E-state index contributed by atoms with van der Waals surface area (Å²) in [5.41, 5.74) is 2.59. The summed E-state index contributed by atoms with van der Waals surface area (Å²) < 4.78 is 41.2. The zero-order valence-electron chi connectivity index (χ0n) is 21.2. The molecule has 11 nitrogen and oxygen atoms in total. The van der Waals surface area contributed by atoms with Crippen LogP contribution in [0, 0.1) is 17.1 Å². The largest absolute Gasteiger partial charge is 0.354 e. The number of imidazole rings is 1. The number of piperazine rings is 1. The van der Waals surface area contributed by atoms with Crippen molar-refractivity contribution >= 4 is 27.6 Å². The number of benzene rings is 2. The van der Waals surface area contributed by atoms with Gasteiger partial charge in [-0.15, -0.1) is 0 Å². The van der Waals surface area contributed by atoms with Gasteiger partial charge < -0.3 is 20.1 Å². The van der Waals surface area contributed by atoms with E-state index in [1.165, 1.54) is 29.2 Å². The molecule has 2 aromatic carbocycles. The Labute approximate surface area is 225 Å². The maximum absolute atomic E-state index is 13.5. The number of nitrogens with one attached hydrogen (secondary N) is 2. The van der Waals surface area contributed by atoms with E-state index in [1.54, 1.807) is 24.7 Å². The minimum atomic E-state index is -3.72. The van der Waals surface area contributed by atoms with Gasteiger partial charge in [0, 0.05) is 56.7 Å². The van der Waals surface area contributed by atoms with Gasteiger partial charge >= 0.3 is 6.03 Å². The summed E-state index contributed by atoms with van der Waals surface area (Å²) in [6.07, 6.45) is 4.80. The molecular weight excluding hydrogens is 525 g/mol. The molecule has 0 bridgehead atoms. The van der Waals surface area contributed by atoms with Crippen LogP contribution >= 0.6 is 0 Å². The number of aromatic nitrogens is 2. The van der Waals surface area contributed by atoms with Crippen molar-refractivity contribution in [1.29, 1.82) is 5.26 Å². The fourth-order valence-electron chi connectivity index (χ4n) is 4.40. The third kappa shape index (κ3) is 7.18. The van der Waals surface area contributed by atoms with Crippen molar-refractivity contribution in [3.8, 4) is 6.07 Å². The number of amides is 3. The first kappa shape index (κ1) is 27.7. The quantitative estimate of drug-likeness (QED) is 0.436. The van der Waals surface area contributed by atoms with E-state index in [-0.39, 0.29) is 31.9 Å². The molecular formula is C26H28FN7O4S. The van der Waals surface area contributed by atoms with Crippen molar-refractivity contribution in [3.63, 3.8) is 0 Å². The first-order chi connectivity index (χ1) is 18.6. The van der Waals surface area contributed by atoms with Gasteiger partial charge in [-0.05, 0) is 35.9 Å². The lowest BCUT2D eigenvalue weighted by atomic mass is 10.1. The molecule has 0 aliphatic carbocycles. The van der Waals surface area contributed by atoms with Crippen LogP contribution in [0.15, 0.2) is 61.1 Å². The lowest BCUT2D eigenvalue weighted by Crippen LogP contribution is -2.61. The number of rotatable bonds is 8. The molecule has 0 saturated carbocycles. The highest BCUT2D eigenvalue weighted by molar-refractivity contribution is 7.88. The van der Waals surface area contributed by atoms with Crippen molar-refractivity contribution in [3.05, 3.63) is 83.7 Å². The van der Waals surface area contributed by atoms with Gasteiger partial charge in [-0.2, -0.15) is 9.57 Å². The molecule has 3 amide bonds. The van der Waals surface area contributed by atoms with E-state index in [0.29, 0.717) is 18.5 Å². The Morgan fingerprint density at radius 1 is 1.18 bits per heavy atom. The predicted octanol–water partition coefficient (Wildman–Crippen LogP) is 1.78. The standard InChI is InChI=1S/C26H28FN7O4S/c1-39(37,38)34-11-10-32(26(36)31-22-7-3-6-21(27)13-22)17-24(34)25(35)30-9-8-23-15-29-18-33(23)16-20-5-2-4-19(12-20)14-28/h2-7,12-13,15,18,24H,8-11,16-17H2,1H3,(H,30,35)(H,31,36). The van der Waals surface area contributed by atoms with E-state index in [9.17, 15) is 22.4 Å². The molecule has 4 rings (SSSR count). The molecule has 1 fully saturated rings. The smallest absolute Gasteiger partial charge is 0.321 e. The van der Waals surface area contributed by atoms with Crippen LogP contribution in [0.1, 0.15) is 16.8 Å². The van der Waals surface area contributed by atoms with Crippen LogP contribution < -0.4 is 10.6 Å². The number of carbonyl (C=O) groups is 2. The predicted molar refractivity (Wildman–Crippen MR) is 142 cm³/mol. The Kier molecular flexibility index (Phi) is 8.58. The normalized spacial score (nSPS) is 15.9. The molecule has 1 unspecified atom stereocenters. The molecule has 1 atom stereocenters. The highest BCUT2D eigenvalue weighted by atomic mass is 32.2. The minimum absolute atomic E-state index is 0.0535. The molecule has 13 heteroatoms. The number of hydrogen-bond acceptors (Lipinski definition) is 6. The van der Waals surface area contributed by atoms with Gasteiger partial charge in [-0.25, -0.2) is 22.6 Å². The van der Waals surface area contributed by atoms with Crippen molar-refractivity contribution in [1.82, 2.24) is 24.1 Å². The van der Waals surface area contributed by atoms with E-state index < -0.39 is 33.8 Å². The lowest BCUT2D eigenvalue weighted by molar-refractivity contribution is -0.126. The van der Waals surface area contributed by atoms with Crippen LogP contribution in [0.25, 0.3) is 0 Å². The van der Waals surface area contributed by atoms with Crippen LogP contribution in [-0.2, 0) is 27.8 Å². The van der Waals surface area contributed by atoms with E-state index in [2.05, 4.69) is 21.7 Å². The van der Waals surface area contributed by atoms with Gasteiger partial charge in [0.25, 0.3) is 0 Å². The Bertz CT molecular complexity index is 1500. The van der Waals surface area contributed by atoms with Crippen molar-refractivity contribution in [2.24, 2.45) is 0 Å². The van der Waals surface area contributed by atoms with Gasteiger partial charge in [-0.3, -0.25) is 4.79 Å². The lowest BCUT2D eigenvalue weighted by Gasteiger charge is -2.38.